The number of hydrogen-bond acceptors (Lipinski definition) is 6. The lowest BCUT2D eigenvalue weighted by Crippen LogP contribution is -2.38. The van der Waals surface area contributed by atoms with Gasteiger partial charge in [0.25, 0.3) is 5.91 Å². The summed E-state index contributed by atoms with van der Waals surface area (Å²) >= 11 is 1.70. The molecule has 2 heterocycles. The van der Waals surface area contributed by atoms with E-state index >= 15 is 0 Å². The summed E-state index contributed by atoms with van der Waals surface area (Å²) in [5.74, 6) is 0.237. The largest absolute Gasteiger partial charge is 0.496 e. The Bertz CT molecular complexity index is 774. The van der Waals surface area contributed by atoms with Gasteiger partial charge in [0, 0.05) is 18.0 Å². The lowest BCUT2D eigenvalue weighted by Gasteiger charge is -2.26. The molecule has 1 aromatic heterocycles. The molecule has 3 rings (SSSR count). The fraction of sp³-hybridized carbons (Fsp3) is 0.312. The predicted molar refractivity (Wildman–Crippen MR) is 88.6 cm³/mol. The van der Waals surface area contributed by atoms with Gasteiger partial charge in [0.2, 0.25) is 0 Å². The van der Waals surface area contributed by atoms with E-state index < -0.39 is 4.92 Å². The van der Waals surface area contributed by atoms with Gasteiger partial charge >= 0.3 is 5.69 Å². The van der Waals surface area contributed by atoms with E-state index in [0.29, 0.717) is 18.8 Å². The van der Waals surface area contributed by atoms with Crippen LogP contribution in [-0.4, -0.2) is 36.0 Å². The van der Waals surface area contributed by atoms with Crippen LogP contribution in [0.2, 0.25) is 0 Å². The molecule has 0 spiro atoms. The van der Waals surface area contributed by atoms with E-state index in [4.69, 9.17) is 9.47 Å². The number of hydrogen-bond donors (Lipinski definition) is 0. The number of carbonyl (C=O) groups excluding carboxylic acids is 1. The molecular formula is C16H16N2O5S. The Balaban J connectivity index is 1.65. The molecule has 8 heteroatoms. The molecule has 0 bridgehead atoms. The number of benzene rings is 1. The Morgan fingerprint density at radius 2 is 2.25 bits per heavy atom. The zero-order valence-electron chi connectivity index (χ0n) is 13.1. The Hall–Kier alpha value is -2.61. The van der Waals surface area contributed by atoms with E-state index in [1.54, 1.807) is 22.3 Å². The topological polar surface area (TPSA) is 81.9 Å². The molecule has 24 heavy (non-hydrogen) atoms. The van der Waals surface area contributed by atoms with Crippen LogP contribution < -0.4 is 9.47 Å². The van der Waals surface area contributed by atoms with E-state index in [2.05, 4.69) is 0 Å². The minimum Gasteiger partial charge on any atom is -0.496 e. The van der Waals surface area contributed by atoms with E-state index in [1.807, 2.05) is 11.4 Å². The molecule has 0 unspecified atom stereocenters. The second-order valence-electron chi connectivity index (χ2n) is 5.31. The normalized spacial score (nSPS) is 13.3. The predicted octanol–water partition coefficient (Wildman–Crippen LogP) is 2.63. The molecule has 0 fully saturated rings. The summed E-state index contributed by atoms with van der Waals surface area (Å²) in [6.07, 6.45) is 0.835. The first-order chi connectivity index (χ1) is 11.6. The van der Waals surface area contributed by atoms with Crippen molar-refractivity contribution in [3.63, 3.8) is 0 Å². The fourth-order valence-corrected chi connectivity index (χ4v) is 3.47. The number of rotatable bonds is 5. The first-order valence-corrected chi connectivity index (χ1v) is 8.24. The van der Waals surface area contributed by atoms with Crippen molar-refractivity contribution in [1.82, 2.24) is 4.90 Å². The number of nitrogens with zero attached hydrogens (tertiary/aromatic N) is 2. The number of fused-ring (bicyclic) bond motifs is 1. The van der Waals surface area contributed by atoms with E-state index in [0.717, 1.165) is 12.0 Å². The van der Waals surface area contributed by atoms with Crippen molar-refractivity contribution in [2.24, 2.45) is 0 Å². The van der Waals surface area contributed by atoms with E-state index in [-0.39, 0.29) is 24.0 Å². The van der Waals surface area contributed by atoms with Crippen LogP contribution in [0, 0.1) is 10.1 Å². The third-order valence-corrected chi connectivity index (χ3v) is 4.90. The van der Waals surface area contributed by atoms with Crippen LogP contribution in [0.15, 0.2) is 29.6 Å². The molecule has 1 aliphatic rings. The SMILES string of the molecule is COc1ccc(OCC(=O)N2CCc3sccc3C2)c([N+](=O)[O-])c1. The Morgan fingerprint density at radius 3 is 3.00 bits per heavy atom. The molecule has 1 aliphatic heterocycles. The molecule has 0 N–H and O–H groups in total. The third kappa shape index (κ3) is 3.33. The van der Waals surface area contributed by atoms with Crippen LogP contribution >= 0.6 is 11.3 Å². The van der Waals surface area contributed by atoms with Crippen LogP contribution in [0.25, 0.3) is 0 Å². The van der Waals surface area contributed by atoms with Crippen molar-refractivity contribution in [3.8, 4) is 11.5 Å². The highest BCUT2D eigenvalue weighted by Gasteiger charge is 2.23. The maximum Gasteiger partial charge on any atom is 0.314 e. The van der Waals surface area contributed by atoms with Gasteiger partial charge in [-0.05, 0) is 35.6 Å². The Kier molecular flexibility index (Phi) is 4.66. The summed E-state index contributed by atoms with van der Waals surface area (Å²) < 4.78 is 10.4. The summed E-state index contributed by atoms with van der Waals surface area (Å²) in [6.45, 7) is 0.971. The van der Waals surface area contributed by atoms with Crippen LogP contribution in [0.4, 0.5) is 5.69 Å². The number of nitro groups is 1. The van der Waals surface area contributed by atoms with Crippen molar-refractivity contribution in [2.75, 3.05) is 20.3 Å². The van der Waals surface area contributed by atoms with Gasteiger partial charge in [0.1, 0.15) is 5.75 Å². The van der Waals surface area contributed by atoms with Crippen molar-refractivity contribution >= 4 is 22.9 Å². The Morgan fingerprint density at radius 1 is 1.42 bits per heavy atom. The number of carbonyl (C=O) groups is 1. The van der Waals surface area contributed by atoms with Gasteiger partial charge in [-0.15, -0.1) is 11.3 Å². The average molecular weight is 348 g/mol. The van der Waals surface area contributed by atoms with Crippen LogP contribution in [0.3, 0.4) is 0 Å². The molecule has 0 atom stereocenters. The standard InChI is InChI=1S/C16H16N2O5S/c1-22-12-2-3-14(13(8-12)18(20)21)23-10-16(19)17-6-4-15-11(9-17)5-7-24-15/h2-3,5,7-8H,4,6,9-10H2,1H3. The molecule has 126 valence electrons. The molecule has 0 aliphatic carbocycles. The summed E-state index contributed by atoms with van der Waals surface area (Å²) in [5, 5.41) is 13.1. The van der Waals surface area contributed by atoms with Gasteiger partial charge < -0.3 is 14.4 Å². The maximum absolute atomic E-state index is 12.3. The van der Waals surface area contributed by atoms with Gasteiger partial charge in [-0.2, -0.15) is 0 Å². The second-order valence-corrected chi connectivity index (χ2v) is 6.31. The molecule has 1 amide bonds. The summed E-state index contributed by atoms with van der Waals surface area (Å²) in [6, 6.07) is 6.30. The van der Waals surface area contributed by atoms with E-state index in [1.165, 1.54) is 24.1 Å². The molecule has 0 saturated heterocycles. The van der Waals surface area contributed by atoms with Gasteiger partial charge in [0.05, 0.1) is 18.1 Å². The summed E-state index contributed by atoms with van der Waals surface area (Å²) in [4.78, 5) is 25.9. The van der Waals surface area contributed by atoms with Crippen molar-refractivity contribution in [1.29, 1.82) is 0 Å². The minimum absolute atomic E-state index is 0.0578. The maximum atomic E-state index is 12.3. The van der Waals surface area contributed by atoms with Gasteiger partial charge in [0.15, 0.2) is 12.4 Å². The second kappa shape index (κ2) is 6.88. The lowest BCUT2D eigenvalue weighted by molar-refractivity contribution is -0.385. The third-order valence-electron chi connectivity index (χ3n) is 3.87. The highest BCUT2D eigenvalue weighted by molar-refractivity contribution is 7.10. The van der Waals surface area contributed by atoms with Gasteiger partial charge in [-0.25, -0.2) is 0 Å². The first-order valence-electron chi connectivity index (χ1n) is 7.36. The highest BCUT2D eigenvalue weighted by Crippen LogP contribution is 2.31. The monoisotopic (exact) mass is 348 g/mol. The zero-order valence-corrected chi connectivity index (χ0v) is 13.9. The first kappa shape index (κ1) is 16.3. The van der Waals surface area contributed by atoms with Crippen molar-refractivity contribution in [2.45, 2.75) is 13.0 Å². The number of nitro benzene ring substituents is 1. The van der Waals surface area contributed by atoms with Gasteiger partial charge in [-0.1, -0.05) is 0 Å². The van der Waals surface area contributed by atoms with Gasteiger partial charge in [-0.3, -0.25) is 14.9 Å². The smallest absolute Gasteiger partial charge is 0.314 e. The quantitative estimate of drug-likeness (QED) is 0.613. The zero-order chi connectivity index (χ0) is 17.1. The lowest BCUT2D eigenvalue weighted by atomic mass is 10.1. The minimum atomic E-state index is -0.555. The van der Waals surface area contributed by atoms with Crippen LogP contribution in [0.1, 0.15) is 10.4 Å². The van der Waals surface area contributed by atoms with Crippen molar-refractivity contribution in [3.05, 3.63) is 50.2 Å². The molecular weight excluding hydrogens is 332 g/mol. The average Bonchev–Trinajstić information content (AvgIpc) is 3.07. The summed E-state index contributed by atoms with van der Waals surface area (Å²) in [5.41, 5.74) is 0.941. The number of ether oxygens (including phenoxy) is 2. The Labute approximate surface area is 142 Å². The van der Waals surface area contributed by atoms with Crippen molar-refractivity contribution < 1.29 is 19.2 Å². The fourth-order valence-electron chi connectivity index (χ4n) is 2.58. The molecule has 0 saturated carbocycles. The summed E-state index contributed by atoms with van der Waals surface area (Å²) in [7, 11) is 1.43. The number of amides is 1. The van der Waals surface area contributed by atoms with E-state index in [9.17, 15) is 14.9 Å². The van der Waals surface area contributed by atoms with Crippen LogP contribution in [-0.2, 0) is 17.8 Å². The van der Waals surface area contributed by atoms with Crippen LogP contribution in [0.5, 0.6) is 11.5 Å². The molecule has 1 aromatic carbocycles. The molecule has 2 aromatic rings. The number of methoxy groups -OCH3 is 1. The molecule has 7 nitrogen and oxygen atoms in total. The molecule has 0 radical (unpaired) electrons. The number of thiophene rings is 1. The highest BCUT2D eigenvalue weighted by atomic mass is 32.1.